The van der Waals surface area contributed by atoms with Gasteiger partial charge in [0.25, 0.3) is 0 Å². The maximum Gasteiger partial charge on any atom is 0.417 e. The SMILES string of the molecule is O=C(NC1CC1)C(Sc1nnc2c(Cl)cc(C(F)(F)F)cn12)c1ccc(F)cc1. The van der Waals surface area contributed by atoms with E-state index in [1.54, 1.807) is 0 Å². The number of alkyl halides is 3. The summed E-state index contributed by atoms with van der Waals surface area (Å²) in [6.45, 7) is 0. The van der Waals surface area contributed by atoms with Crippen molar-refractivity contribution in [3.8, 4) is 0 Å². The van der Waals surface area contributed by atoms with Crippen LogP contribution < -0.4 is 5.32 Å². The molecule has 0 aliphatic heterocycles. The number of nitrogens with zero attached hydrogens (tertiary/aromatic N) is 3. The Morgan fingerprint density at radius 1 is 1.24 bits per heavy atom. The maximum absolute atomic E-state index is 13.3. The van der Waals surface area contributed by atoms with E-state index in [9.17, 15) is 22.4 Å². The number of pyridine rings is 1. The lowest BCUT2D eigenvalue weighted by atomic mass is 10.1. The third kappa shape index (κ3) is 4.32. The molecule has 11 heteroatoms. The minimum atomic E-state index is -4.61. The zero-order valence-electron chi connectivity index (χ0n) is 14.6. The summed E-state index contributed by atoms with van der Waals surface area (Å²) in [5.41, 5.74) is -0.426. The third-order valence-corrected chi connectivity index (χ3v) is 5.80. The van der Waals surface area contributed by atoms with Crippen molar-refractivity contribution < 1.29 is 22.4 Å². The van der Waals surface area contributed by atoms with Crippen molar-refractivity contribution in [2.75, 3.05) is 0 Å². The van der Waals surface area contributed by atoms with Gasteiger partial charge in [-0.1, -0.05) is 35.5 Å². The van der Waals surface area contributed by atoms with Gasteiger partial charge in [-0.25, -0.2) is 4.39 Å². The summed E-state index contributed by atoms with van der Waals surface area (Å²) in [6, 6.07) is 6.19. The van der Waals surface area contributed by atoms with Gasteiger partial charge in [0.2, 0.25) is 5.91 Å². The molecule has 2 aromatic heterocycles. The van der Waals surface area contributed by atoms with Crippen LogP contribution in [0.1, 0.15) is 29.2 Å². The first-order valence-corrected chi connectivity index (χ1v) is 9.82. The number of aromatic nitrogens is 3. The number of amides is 1. The minimum Gasteiger partial charge on any atom is -0.352 e. The molecule has 4 rings (SSSR count). The average Bonchev–Trinajstić information content (AvgIpc) is 3.37. The third-order valence-electron chi connectivity index (χ3n) is 4.31. The Labute approximate surface area is 171 Å². The second-order valence-electron chi connectivity index (χ2n) is 6.58. The van der Waals surface area contributed by atoms with Crippen molar-refractivity contribution in [2.24, 2.45) is 0 Å². The van der Waals surface area contributed by atoms with Gasteiger partial charge in [0, 0.05) is 12.2 Å². The van der Waals surface area contributed by atoms with Crippen LogP contribution in [0.2, 0.25) is 5.02 Å². The van der Waals surface area contributed by atoms with Gasteiger partial charge in [-0.3, -0.25) is 9.20 Å². The molecule has 1 aliphatic carbocycles. The number of benzene rings is 1. The second-order valence-corrected chi connectivity index (χ2v) is 8.06. The van der Waals surface area contributed by atoms with E-state index in [1.165, 1.54) is 24.3 Å². The zero-order chi connectivity index (χ0) is 20.8. The number of fused-ring (bicyclic) bond motifs is 1. The van der Waals surface area contributed by atoms with Gasteiger partial charge < -0.3 is 5.32 Å². The van der Waals surface area contributed by atoms with Crippen LogP contribution in [0, 0.1) is 5.82 Å². The Morgan fingerprint density at radius 2 is 1.93 bits per heavy atom. The molecule has 1 fully saturated rings. The van der Waals surface area contributed by atoms with Gasteiger partial charge in [-0.15, -0.1) is 10.2 Å². The van der Waals surface area contributed by atoms with Crippen molar-refractivity contribution in [1.29, 1.82) is 0 Å². The van der Waals surface area contributed by atoms with Gasteiger partial charge in [0.15, 0.2) is 10.8 Å². The Bertz CT molecular complexity index is 1070. The molecule has 1 aromatic carbocycles. The highest BCUT2D eigenvalue weighted by Gasteiger charge is 2.34. The van der Waals surface area contributed by atoms with Gasteiger partial charge in [-0.2, -0.15) is 13.2 Å². The molecule has 2 heterocycles. The minimum absolute atomic E-state index is 0.0441. The molecule has 5 nitrogen and oxygen atoms in total. The highest BCUT2D eigenvalue weighted by atomic mass is 35.5. The van der Waals surface area contributed by atoms with Crippen LogP contribution in [0.3, 0.4) is 0 Å². The Hall–Kier alpha value is -2.33. The average molecular weight is 445 g/mol. The van der Waals surface area contributed by atoms with Crippen LogP contribution in [0.4, 0.5) is 17.6 Å². The van der Waals surface area contributed by atoms with Gasteiger partial charge >= 0.3 is 6.18 Å². The molecule has 0 bridgehead atoms. The number of carbonyl (C=O) groups excluding carboxylic acids is 1. The molecule has 1 saturated carbocycles. The fourth-order valence-corrected chi connectivity index (χ4v) is 3.96. The molecule has 0 radical (unpaired) electrons. The molecule has 0 saturated heterocycles. The summed E-state index contributed by atoms with van der Waals surface area (Å²) in [6.07, 6.45) is -2.04. The van der Waals surface area contributed by atoms with E-state index in [0.29, 0.717) is 5.56 Å². The molecule has 1 aliphatic rings. The van der Waals surface area contributed by atoms with Crippen molar-refractivity contribution in [3.05, 3.63) is 58.5 Å². The number of carbonyl (C=O) groups is 1. The van der Waals surface area contributed by atoms with Crippen LogP contribution in [-0.4, -0.2) is 26.5 Å². The summed E-state index contributed by atoms with van der Waals surface area (Å²) in [7, 11) is 0. The lowest BCUT2D eigenvalue weighted by molar-refractivity contribution is -0.137. The zero-order valence-corrected chi connectivity index (χ0v) is 16.2. The molecular formula is C18H13ClF4N4OS. The summed E-state index contributed by atoms with van der Waals surface area (Å²) in [5.74, 6) is -0.798. The monoisotopic (exact) mass is 444 g/mol. The fraction of sp³-hybridized carbons (Fsp3) is 0.278. The predicted octanol–water partition coefficient (Wildman–Crippen LogP) is 4.65. The maximum atomic E-state index is 13.3. The molecule has 152 valence electrons. The Morgan fingerprint density at radius 3 is 2.55 bits per heavy atom. The molecular weight excluding hydrogens is 432 g/mol. The number of hydrogen-bond acceptors (Lipinski definition) is 4. The number of halogens is 5. The van der Waals surface area contributed by atoms with E-state index >= 15 is 0 Å². The van der Waals surface area contributed by atoms with E-state index in [0.717, 1.165) is 41.3 Å². The smallest absolute Gasteiger partial charge is 0.352 e. The molecule has 29 heavy (non-hydrogen) atoms. The molecule has 1 amide bonds. The molecule has 1 unspecified atom stereocenters. The van der Waals surface area contributed by atoms with Crippen LogP contribution in [0.15, 0.2) is 41.7 Å². The lowest BCUT2D eigenvalue weighted by Gasteiger charge is -2.16. The fourth-order valence-electron chi connectivity index (χ4n) is 2.69. The van der Waals surface area contributed by atoms with E-state index in [4.69, 9.17) is 11.6 Å². The normalized spacial score (nSPS) is 15.5. The standard InChI is InChI=1S/C18H13ClF4N4OS/c19-13-7-10(18(21,22)23)8-27-15(13)25-26-17(27)29-14(16(28)24-12-5-6-12)9-1-3-11(20)4-2-9/h1-4,7-8,12,14H,5-6H2,(H,24,28). The van der Waals surface area contributed by atoms with E-state index < -0.39 is 22.8 Å². The molecule has 1 atom stereocenters. The summed E-state index contributed by atoms with van der Waals surface area (Å²) >= 11 is 6.86. The topological polar surface area (TPSA) is 59.3 Å². The van der Waals surface area contributed by atoms with Crippen LogP contribution >= 0.6 is 23.4 Å². The van der Waals surface area contributed by atoms with Crippen molar-refractivity contribution in [2.45, 2.75) is 35.5 Å². The highest BCUT2D eigenvalue weighted by Crippen LogP contribution is 2.38. The van der Waals surface area contributed by atoms with E-state index in [2.05, 4.69) is 15.5 Å². The first-order valence-electron chi connectivity index (χ1n) is 8.56. The summed E-state index contributed by atoms with van der Waals surface area (Å²) in [5, 5.41) is 9.61. The molecule has 1 N–H and O–H groups in total. The number of hydrogen-bond donors (Lipinski definition) is 1. The number of rotatable bonds is 5. The molecule has 0 spiro atoms. The van der Waals surface area contributed by atoms with Gasteiger partial charge in [0.05, 0.1) is 10.6 Å². The Balaban J connectivity index is 1.73. The lowest BCUT2D eigenvalue weighted by Crippen LogP contribution is -2.29. The quantitative estimate of drug-likeness (QED) is 0.459. The number of thioether (sulfide) groups is 1. The summed E-state index contributed by atoms with van der Waals surface area (Å²) < 4.78 is 53.9. The van der Waals surface area contributed by atoms with Gasteiger partial charge in [-0.05, 0) is 36.6 Å². The largest absolute Gasteiger partial charge is 0.417 e. The summed E-state index contributed by atoms with van der Waals surface area (Å²) in [4.78, 5) is 12.7. The van der Waals surface area contributed by atoms with E-state index in [-0.39, 0.29) is 27.8 Å². The first kappa shape index (κ1) is 20.0. The van der Waals surface area contributed by atoms with Gasteiger partial charge in [0.1, 0.15) is 11.1 Å². The highest BCUT2D eigenvalue weighted by molar-refractivity contribution is 8.00. The van der Waals surface area contributed by atoms with Crippen LogP contribution in [0.5, 0.6) is 0 Å². The Kier molecular flexibility index (Phi) is 5.16. The number of nitrogens with one attached hydrogen (secondary N) is 1. The van der Waals surface area contributed by atoms with Crippen molar-refractivity contribution in [3.63, 3.8) is 0 Å². The second kappa shape index (κ2) is 7.49. The van der Waals surface area contributed by atoms with Crippen LogP contribution in [-0.2, 0) is 11.0 Å². The van der Waals surface area contributed by atoms with Crippen molar-refractivity contribution in [1.82, 2.24) is 19.9 Å². The van der Waals surface area contributed by atoms with Crippen LogP contribution in [0.25, 0.3) is 5.65 Å². The molecule has 3 aromatic rings. The van der Waals surface area contributed by atoms with E-state index in [1.807, 2.05) is 0 Å². The van der Waals surface area contributed by atoms with Crippen molar-refractivity contribution >= 4 is 34.9 Å². The predicted molar refractivity (Wildman–Crippen MR) is 99.2 cm³/mol. The first-order chi connectivity index (χ1) is 13.7.